The highest BCUT2D eigenvalue weighted by atomic mass is 16.2. The summed E-state index contributed by atoms with van der Waals surface area (Å²) in [6, 6.07) is 1.27. The summed E-state index contributed by atoms with van der Waals surface area (Å²) in [6.45, 7) is 4.76. The second-order valence-electron chi connectivity index (χ2n) is 8.62. The number of nitrogens with zero attached hydrogens (tertiary/aromatic N) is 3. The monoisotopic (exact) mass is 374 g/mol. The van der Waals surface area contributed by atoms with Gasteiger partial charge in [-0.1, -0.05) is 19.8 Å². The number of aryl methyl sites for hydroxylation is 1. The van der Waals surface area contributed by atoms with Crippen LogP contribution in [0.3, 0.4) is 0 Å². The molecule has 4 rings (SSSR count). The third kappa shape index (κ3) is 3.37. The smallest absolute Gasteiger partial charge is 0.328 e. The number of H-pyrrole nitrogens is 1. The normalized spacial score (nSPS) is 30.8. The lowest BCUT2D eigenvalue weighted by atomic mass is 9.74. The van der Waals surface area contributed by atoms with Crippen molar-refractivity contribution in [3.05, 3.63) is 32.6 Å². The van der Waals surface area contributed by atoms with E-state index in [0.29, 0.717) is 30.5 Å². The van der Waals surface area contributed by atoms with Gasteiger partial charge in [0.05, 0.1) is 0 Å². The van der Waals surface area contributed by atoms with Crippen LogP contribution in [0, 0.1) is 11.8 Å². The number of likely N-dealkylation sites (tertiary alicyclic amines) is 1. The molecule has 1 aromatic heterocycles. The lowest BCUT2D eigenvalue weighted by molar-refractivity contribution is -0.0519. The van der Waals surface area contributed by atoms with Crippen LogP contribution in [0.2, 0.25) is 0 Å². The Kier molecular flexibility index (Phi) is 4.97. The molecule has 0 radical (unpaired) electrons. The Bertz CT molecular complexity index is 827. The molecular formula is C20H30N4O3. The van der Waals surface area contributed by atoms with Gasteiger partial charge in [0.2, 0.25) is 0 Å². The van der Waals surface area contributed by atoms with E-state index in [0.717, 1.165) is 13.1 Å². The van der Waals surface area contributed by atoms with Gasteiger partial charge in [-0.3, -0.25) is 19.5 Å². The van der Waals surface area contributed by atoms with Crippen molar-refractivity contribution in [2.45, 2.75) is 57.5 Å². The number of carbonyl (C=O) groups excluding carboxylic acids is 1. The molecule has 0 saturated carbocycles. The fourth-order valence-corrected chi connectivity index (χ4v) is 5.61. The van der Waals surface area contributed by atoms with E-state index in [9.17, 15) is 14.4 Å². The number of hydrogen-bond acceptors (Lipinski definition) is 4. The van der Waals surface area contributed by atoms with E-state index < -0.39 is 11.2 Å². The molecule has 1 aromatic rings. The molecular weight excluding hydrogens is 344 g/mol. The summed E-state index contributed by atoms with van der Waals surface area (Å²) in [6.07, 6.45) is 8.86. The maximum Gasteiger partial charge on any atom is 0.328 e. The maximum atomic E-state index is 13.0. The average molecular weight is 374 g/mol. The molecule has 1 N–H and O–H groups in total. The lowest BCUT2D eigenvalue weighted by Crippen LogP contribution is -2.62. The first kappa shape index (κ1) is 18.5. The number of aromatic nitrogens is 2. The topological polar surface area (TPSA) is 78.4 Å². The molecule has 1 amide bonds. The molecule has 148 valence electrons. The third-order valence-electron chi connectivity index (χ3n) is 6.76. The second kappa shape index (κ2) is 7.26. The summed E-state index contributed by atoms with van der Waals surface area (Å²) in [7, 11) is 1.55. The van der Waals surface area contributed by atoms with Crippen LogP contribution in [-0.4, -0.2) is 57.0 Å². The molecule has 0 unspecified atom stereocenters. The van der Waals surface area contributed by atoms with Gasteiger partial charge in [-0.05, 0) is 37.5 Å². The number of amides is 1. The molecule has 4 atom stereocenters. The van der Waals surface area contributed by atoms with Crippen molar-refractivity contribution in [3.8, 4) is 0 Å². The van der Waals surface area contributed by atoms with E-state index in [-0.39, 0.29) is 11.5 Å². The van der Waals surface area contributed by atoms with Crippen LogP contribution < -0.4 is 11.2 Å². The highest BCUT2D eigenvalue weighted by Gasteiger charge is 2.45. The first-order chi connectivity index (χ1) is 13.0. The predicted octanol–water partition coefficient (Wildman–Crippen LogP) is 1.19. The fourth-order valence-electron chi connectivity index (χ4n) is 5.61. The number of rotatable bonds is 3. The second-order valence-corrected chi connectivity index (χ2v) is 8.62. The molecule has 3 fully saturated rings. The Labute approximate surface area is 159 Å². The number of aromatic amines is 1. The van der Waals surface area contributed by atoms with E-state index in [2.05, 4.69) is 16.8 Å². The summed E-state index contributed by atoms with van der Waals surface area (Å²) in [5.74, 6) is 0.733. The van der Waals surface area contributed by atoms with Crippen molar-refractivity contribution in [1.82, 2.24) is 19.4 Å². The van der Waals surface area contributed by atoms with Gasteiger partial charge < -0.3 is 9.47 Å². The van der Waals surface area contributed by atoms with Crippen LogP contribution in [0.15, 0.2) is 15.8 Å². The van der Waals surface area contributed by atoms with Crippen LogP contribution in [-0.2, 0) is 7.05 Å². The van der Waals surface area contributed by atoms with Crippen molar-refractivity contribution >= 4 is 5.91 Å². The van der Waals surface area contributed by atoms with Crippen molar-refractivity contribution in [2.24, 2.45) is 18.9 Å². The largest absolute Gasteiger partial charge is 0.338 e. The minimum absolute atomic E-state index is 0.0708. The van der Waals surface area contributed by atoms with Gasteiger partial charge in [-0.15, -0.1) is 0 Å². The summed E-state index contributed by atoms with van der Waals surface area (Å²) in [5, 5.41) is 0. The molecule has 7 heteroatoms. The molecule has 3 aliphatic heterocycles. The van der Waals surface area contributed by atoms with Gasteiger partial charge in [0, 0.05) is 45.0 Å². The van der Waals surface area contributed by atoms with Gasteiger partial charge in [-0.2, -0.15) is 0 Å². The standard InChI is InChI=1S/C20H30N4O3/c1-3-5-15-6-4-7-17-14-8-13(10-24(15)17)9-23(11-14)19(26)16-12-22(2)20(27)21-18(16)25/h12-15,17H,3-11H2,1-2H3,(H,21,25,27)/t13-,14+,15-,17-/m0/s1. The van der Waals surface area contributed by atoms with Gasteiger partial charge in [-0.25, -0.2) is 4.79 Å². The van der Waals surface area contributed by atoms with E-state index in [1.165, 1.54) is 49.3 Å². The summed E-state index contributed by atoms with van der Waals surface area (Å²) >= 11 is 0. The van der Waals surface area contributed by atoms with Crippen LogP contribution in [0.4, 0.5) is 0 Å². The zero-order chi connectivity index (χ0) is 19.1. The zero-order valence-electron chi connectivity index (χ0n) is 16.3. The maximum absolute atomic E-state index is 13.0. The number of fused-ring (bicyclic) bond motifs is 4. The highest BCUT2D eigenvalue weighted by Crippen LogP contribution is 2.40. The minimum Gasteiger partial charge on any atom is -0.338 e. The SMILES string of the molecule is CCC[C@H]1CCC[C@H]2[C@@H]3C[C@@H](CN(C(=O)c4cn(C)c(=O)[nH]c4=O)C3)CN12. The first-order valence-corrected chi connectivity index (χ1v) is 10.3. The Balaban J connectivity index is 1.54. The minimum atomic E-state index is -0.582. The zero-order valence-corrected chi connectivity index (χ0v) is 16.3. The van der Waals surface area contributed by atoms with Crippen LogP contribution in [0.1, 0.15) is 55.8 Å². The van der Waals surface area contributed by atoms with Crippen LogP contribution in [0.25, 0.3) is 0 Å². The molecule has 2 bridgehead atoms. The van der Waals surface area contributed by atoms with Crippen molar-refractivity contribution < 1.29 is 4.79 Å². The molecule has 3 saturated heterocycles. The summed E-state index contributed by atoms with van der Waals surface area (Å²) in [4.78, 5) is 43.6. The molecule has 4 heterocycles. The van der Waals surface area contributed by atoms with Crippen molar-refractivity contribution in [1.29, 1.82) is 0 Å². The Morgan fingerprint density at radius 2 is 2.04 bits per heavy atom. The molecule has 0 aliphatic carbocycles. The number of piperidine rings is 3. The van der Waals surface area contributed by atoms with E-state index >= 15 is 0 Å². The Morgan fingerprint density at radius 1 is 1.22 bits per heavy atom. The predicted molar refractivity (Wildman–Crippen MR) is 103 cm³/mol. The molecule has 0 spiro atoms. The lowest BCUT2D eigenvalue weighted by Gasteiger charge is -2.55. The number of hydrogen-bond donors (Lipinski definition) is 1. The average Bonchev–Trinajstić information content (AvgIpc) is 2.65. The van der Waals surface area contributed by atoms with Crippen molar-refractivity contribution in [2.75, 3.05) is 19.6 Å². The quantitative estimate of drug-likeness (QED) is 0.862. The van der Waals surface area contributed by atoms with E-state index in [4.69, 9.17) is 0 Å². The Morgan fingerprint density at radius 3 is 2.81 bits per heavy atom. The van der Waals surface area contributed by atoms with Gasteiger partial charge in [0.25, 0.3) is 11.5 Å². The van der Waals surface area contributed by atoms with E-state index in [1.54, 1.807) is 7.05 Å². The fraction of sp³-hybridized carbons (Fsp3) is 0.750. The summed E-state index contributed by atoms with van der Waals surface area (Å²) in [5.41, 5.74) is -1.01. The summed E-state index contributed by atoms with van der Waals surface area (Å²) < 4.78 is 1.26. The van der Waals surface area contributed by atoms with Gasteiger partial charge in [0.1, 0.15) is 5.56 Å². The molecule has 3 aliphatic rings. The van der Waals surface area contributed by atoms with Gasteiger partial charge in [0.15, 0.2) is 0 Å². The molecule has 0 aromatic carbocycles. The van der Waals surface area contributed by atoms with E-state index in [1.807, 2.05) is 4.90 Å². The molecule has 7 nitrogen and oxygen atoms in total. The highest BCUT2D eigenvalue weighted by molar-refractivity contribution is 5.93. The molecule has 27 heavy (non-hydrogen) atoms. The van der Waals surface area contributed by atoms with Gasteiger partial charge >= 0.3 is 5.69 Å². The van der Waals surface area contributed by atoms with Crippen LogP contribution >= 0.6 is 0 Å². The third-order valence-corrected chi connectivity index (χ3v) is 6.76. The number of nitrogens with one attached hydrogen (secondary N) is 1. The van der Waals surface area contributed by atoms with Crippen LogP contribution in [0.5, 0.6) is 0 Å². The Hall–Kier alpha value is -1.89. The number of carbonyl (C=O) groups is 1. The van der Waals surface area contributed by atoms with Crippen molar-refractivity contribution in [3.63, 3.8) is 0 Å². The first-order valence-electron chi connectivity index (χ1n) is 10.3.